The zero-order chi connectivity index (χ0) is 9.68. The predicted molar refractivity (Wildman–Crippen MR) is 52.3 cm³/mol. The lowest BCUT2D eigenvalue weighted by Gasteiger charge is -2.03. The quantitative estimate of drug-likeness (QED) is 0.693. The second-order valence-electron chi connectivity index (χ2n) is 2.67. The van der Waals surface area contributed by atoms with Gasteiger partial charge in [-0.3, -0.25) is 0 Å². The van der Waals surface area contributed by atoms with Gasteiger partial charge in [-0.2, -0.15) is 0 Å². The van der Waals surface area contributed by atoms with E-state index in [9.17, 15) is 4.39 Å². The normalized spacial score (nSPS) is 10.7. The highest BCUT2D eigenvalue weighted by Gasteiger charge is 2.04. The van der Waals surface area contributed by atoms with Crippen molar-refractivity contribution >= 4 is 6.08 Å². The summed E-state index contributed by atoms with van der Waals surface area (Å²) in [6, 6.07) is 5.11. The minimum absolute atomic E-state index is 0.290. The maximum atomic E-state index is 13.4. The highest BCUT2D eigenvalue weighted by atomic mass is 19.1. The molecule has 0 N–H and O–H groups in total. The van der Waals surface area contributed by atoms with E-state index >= 15 is 0 Å². The topological polar surface area (TPSA) is 9.23 Å². The van der Waals surface area contributed by atoms with Crippen LogP contribution in [-0.4, -0.2) is 7.11 Å². The fourth-order valence-electron chi connectivity index (χ4n) is 1.06. The van der Waals surface area contributed by atoms with Crippen molar-refractivity contribution in [3.63, 3.8) is 0 Å². The first-order valence-electron chi connectivity index (χ1n) is 4.28. The molecule has 0 saturated heterocycles. The van der Waals surface area contributed by atoms with Crippen molar-refractivity contribution < 1.29 is 9.13 Å². The number of methoxy groups -OCH3 is 1. The Kier molecular flexibility index (Phi) is 3.50. The maximum Gasteiger partial charge on any atom is 0.172 e. The molecule has 0 spiro atoms. The van der Waals surface area contributed by atoms with Crippen LogP contribution in [0.4, 0.5) is 4.39 Å². The maximum absolute atomic E-state index is 13.4. The Balaban J connectivity index is 3.01. The fourth-order valence-corrected chi connectivity index (χ4v) is 1.06. The van der Waals surface area contributed by atoms with Crippen LogP contribution in [0.3, 0.4) is 0 Å². The van der Waals surface area contributed by atoms with Crippen LogP contribution in [0.2, 0.25) is 0 Å². The number of benzene rings is 1. The molecule has 1 nitrogen and oxygen atoms in total. The van der Waals surface area contributed by atoms with E-state index in [-0.39, 0.29) is 5.82 Å². The van der Waals surface area contributed by atoms with Crippen molar-refractivity contribution in [3.05, 3.63) is 35.7 Å². The zero-order valence-corrected chi connectivity index (χ0v) is 7.88. The number of halogens is 1. The van der Waals surface area contributed by atoms with E-state index in [0.29, 0.717) is 11.3 Å². The van der Waals surface area contributed by atoms with Gasteiger partial charge in [-0.25, -0.2) is 4.39 Å². The first-order valence-corrected chi connectivity index (χ1v) is 4.28. The minimum Gasteiger partial charge on any atom is -0.494 e. The molecular formula is C11H13FO. The van der Waals surface area contributed by atoms with Crippen LogP contribution in [0.15, 0.2) is 24.3 Å². The molecule has 0 aliphatic rings. The van der Waals surface area contributed by atoms with Crippen LogP contribution < -0.4 is 4.74 Å². The highest BCUT2D eigenvalue weighted by Crippen LogP contribution is 2.20. The molecule has 0 aliphatic heterocycles. The Morgan fingerprint density at radius 3 is 2.85 bits per heavy atom. The lowest BCUT2D eigenvalue weighted by atomic mass is 10.2. The van der Waals surface area contributed by atoms with Gasteiger partial charge in [-0.05, 0) is 12.5 Å². The molecule has 1 aromatic carbocycles. The second-order valence-corrected chi connectivity index (χ2v) is 2.67. The van der Waals surface area contributed by atoms with E-state index in [2.05, 4.69) is 0 Å². The average molecular weight is 180 g/mol. The summed E-state index contributed by atoms with van der Waals surface area (Å²) >= 11 is 0. The molecule has 13 heavy (non-hydrogen) atoms. The van der Waals surface area contributed by atoms with Gasteiger partial charge < -0.3 is 4.74 Å². The molecule has 0 aromatic heterocycles. The van der Waals surface area contributed by atoms with Gasteiger partial charge in [-0.1, -0.05) is 31.2 Å². The van der Waals surface area contributed by atoms with Gasteiger partial charge in [0.25, 0.3) is 0 Å². The number of rotatable bonds is 3. The molecule has 0 unspecified atom stereocenters. The van der Waals surface area contributed by atoms with E-state index < -0.39 is 0 Å². The summed E-state index contributed by atoms with van der Waals surface area (Å²) in [6.07, 6.45) is 4.58. The Hall–Kier alpha value is -1.31. The molecule has 0 radical (unpaired) electrons. The molecule has 0 aliphatic carbocycles. The Morgan fingerprint density at radius 1 is 1.46 bits per heavy atom. The number of hydrogen-bond donors (Lipinski definition) is 0. The standard InChI is InChI=1S/C11H13FO/c1-3-4-6-9-7-5-8-10(13-2)11(9)12/h4-8H,3H2,1-2H3. The molecule has 1 rings (SSSR count). The van der Waals surface area contributed by atoms with Gasteiger partial charge in [0.2, 0.25) is 0 Å². The summed E-state index contributed by atoms with van der Waals surface area (Å²) in [7, 11) is 1.46. The van der Waals surface area contributed by atoms with E-state index in [4.69, 9.17) is 4.74 Å². The average Bonchev–Trinajstić information content (AvgIpc) is 2.16. The van der Waals surface area contributed by atoms with Gasteiger partial charge in [0.1, 0.15) is 0 Å². The van der Waals surface area contributed by atoms with Crippen molar-refractivity contribution in [2.24, 2.45) is 0 Å². The van der Waals surface area contributed by atoms with E-state index in [0.717, 1.165) is 6.42 Å². The molecule has 0 amide bonds. The fraction of sp³-hybridized carbons (Fsp3) is 0.273. The zero-order valence-electron chi connectivity index (χ0n) is 7.88. The molecule has 2 heteroatoms. The Labute approximate surface area is 77.8 Å². The van der Waals surface area contributed by atoms with E-state index in [1.165, 1.54) is 7.11 Å². The molecule has 70 valence electrons. The van der Waals surface area contributed by atoms with Crippen molar-refractivity contribution in [1.82, 2.24) is 0 Å². The SMILES string of the molecule is CCC=Cc1cccc(OC)c1F. The molecule has 1 aromatic rings. The van der Waals surface area contributed by atoms with Crippen LogP contribution in [0.25, 0.3) is 6.08 Å². The van der Waals surface area contributed by atoms with Gasteiger partial charge in [-0.15, -0.1) is 0 Å². The largest absolute Gasteiger partial charge is 0.494 e. The summed E-state index contributed by atoms with van der Waals surface area (Å²) in [5, 5.41) is 0. The predicted octanol–water partition coefficient (Wildman–Crippen LogP) is 3.26. The minimum atomic E-state index is -0.297. The first-order chi connectivity index (χ1) is 6.29. The highest BCUT2D eigenvalue weighted by molar-refractivity contribution is 5.52. The van der Waals surface area contributed by atoms with Crippen molar-refractivity contribution in [1.29, 1.82) is 0 Å². The van der Waals surface area contributed by atoms with Crippen molar-refractivity contribution in [2.75, 3.05) is 7.11 Å². The van der Waals surface area contributed by atoms with Crippen LogP contribution in [-0.2, 0) is 0 Å². The molecule has 0 bridgehead atoms. The van der Waals surface area contributed by atoms with Gasteiger partial charge in [0, 0.05) is 5.56 Å². The van der Waals surface area contributed by atoms with Gasteiger partial charge >= 0.3 is 0 Å². The number of hydrogen-bond acceptors (Lipinski definition) is 1. The second kappa shape index (κ2) is 4.65. The lowest BCUT2D eigenvalue weighted by Crippen LogP contribution is -1.89. The van der Waals surface area contributed by atoms with Crippen LogP contribution in [0, 0.1) is 5.82 Å². The monoisotopic (exact) mass is 180 g/mol. The first kappa shape index (κ1) is 9.78. The van der Waals surface area contributed by atoms with Gasteiger partial charge in [0.05, 0.1) is 7.11 Å². The summed E-state index contributed by atoms with van der Waals surface area (Å²) in [5.41, 5.74) is 0.571. The molecular weight excluding hydrogens is 167 g/mol. The van der Waals surface area contributed by atoms with Crippen LogP contribution in [0.1, 0.15) is 18.9 Å². The Bertz CT molecular complexity index is 305. The third-order valence-corrected chi connectivity index (χ3v) is 1.75. The van der Waals surface area contributed by atoms with E-state index in [1.54, 1.807) is 24.3 Å². The summed E-state index contributed by atoms with van der Waals surface area (Å²) in [4.78, 5) is 0. The number of ether oxygens (including phenoxy) is 1. The van der Waals surface area contributed by atoms with Crippen molar-refractivity contribution in [3.8, 4) is 5.75 Å². The Morgan fingerprint density at radius 2 is 2.23 bits per heavy atom. The number of allylic oxidation sites excluding steroid dienone is 1. The van der Waals surface area contributed by atoms with Crippen LogP contribution >= 0.6 is 0 Å². The third kappa shape index (κ3) is 2.31. The summed E-state index contributed by atoms with van der Waals surface area (Å²) in [5.74, 6) is -0.00652. The smallest absolute Gasteiger partial charge is 0.172 e. The summed E-state index contributed by atoms with van der Waals surface area (Å²) < 4.78 is 18.3. The summed E-state index contributed by atoms with van der Waals surface area (Å²) in [6.45, 7) is 2.01. The molecule has 0 saturated carbocycles. The third-order valence-electron chi connectivity index (χ3n) is 1.75. The molecule has 0 fully saturated rings. The van der Waals surface area contributed by atoms with Crippen LogP contribution in [0.5, 0.6) is 5.75 Å². The molecule has 0 heterocycles. The lowest BCUT2D eigenvalue weighted by molar-refractivity contribution is 0.386. The van der Waals surface area contributed by atoms with Gasteiger partial charge in [0.15, 0.2) is 11.6 Å². The van der Waals surface area contributed by atoms with E-state index in [1.807, 2.05) is 13.0 Å². The van der Waals surface area contributed by atoms with Crippen molar-refractivity contribution in [2.45, 2.75) is 13.3 Å². The molecule has 0 atom stereocenters.